The summed E-state index contributed by atoms with van der Waals surface area (Å²) in [7, 11) is 1.36. The topological polar surface area (TPSA) is 141 Å². The highest BCUT2D eigenvalue weighted by Gasteiger charge is 2.40. The molecule has 0 fully saturated rings. The van der Waals surface area contributed by atoms with Crippen molar-refractivity contribution in [3.8, 4) is 17.0 Å². The highest BCUT2D eigenvalue weighted by atomic mass is 19.4. The number of hydrogen-bond acceptors (Lipinski definition) is 5. The van der Waals surface area contributed by atoms with Gasteiger partial charge in [-0.05, 0) is 36.8 Å². The summed E-state index contributed by atoms with van der Waals surface area (Å²) in [6.07, 6.45) is -3.08. The van der Waals surface area contributed by atoms with E-state index in [9.17, 15) is 27.2 Å². The fourth-order valence-electron chi connectivity index (χ4n) is 4.01. The molecule has 4 rings (SSSR count). The van der Waals surface area contributed by atoms with Crippen LogP contribution in [-0.4, -0.2) is 39.9 Å². The number of carbonyl (C=O) groups is 2. The quantitative estimate of drug-likeness (QED) is 0.275. The van der Waals surface area contributed by atoms with E-state index in [1.54, 1.807) is 18.3 Å². The van der Waals surface area contributed by atoms with E-state index in [1.807, 2.05) is 0 Å². The molecule has 194 valence electrons. The van der Waals surface area contributed by atoms with Crippen molar-refractivity contribution in [1.82, 2.24) is 20.1 Å². The van der Waals surface area contributed by atoms with Crippen molar-refractivity contribution in [2.45, 2.75) is 25.7 Å². The number of methoxy groups -OCH3 is 1. The summed E-state index contributed by atoms with van der Waals surface area (Å²) in [5.41, 5.74) is 12.3. The minimum Gasteiger partial charge on any atom is -0.496 e. The molecule has 4 aromatic rings. The minimum absolute atomic E-state index is 0.00718. The van der Waals surface area contributed by atoms with Crippen LogP contribution in [0.1, 0.15) is 39.2 Å². The number of H-pyrrole nitrogens is 1. The van der Waals surface area contributed by atoms with E-state index in [-0.39, 0.29) is 29.1 Å². The second kappa shape index (κ2) is 9.48. The number of carbonyl (C=O) groups excluding carboxylic acids is 2. The monoisotopic (exact) mass is 518 g/mol. The SMILES string of the molecule is COc1ccc(F)cc1C(=O)NCc1ccc(-c2nn([C@@H](C)C(F)(F)F)c(N)c2C(N)=O)c2cc[nH]c12. The largest absolute Gasteiger partial charge is 0.496 e. The Labute approximate surface area is 207 Å². The predicted octanol–water partition coefficient (Wildman–Crippen LogP) is 3.91. The van der Waals surface area contributed by atoms with Gasteiger partial charge in [0.15, 0.2) is 0 Å². The van der Waals surface area contributed by atoms with Crippen LogP contribution in [0.25, 0.3) is 22.2 Å². The zero-order valence-corrected chi connectivity index (χ0v) is 19.6. The molecule has 9 nitrogen and oxygen atoms in total. The lowest BCUT2D eigenvalue weighted by atomic mass is 10.00. The van der Waals surface area contributed by atoms with Crippen molar-refractivity contribution in [3.63, 3.8) is 0 Å². The number of aromatic nitrogens is 3. The Morgan fingerprint density at radius 3 is 2.59 bits per heavy atom. The number of ether oxygens (including phenoxy) is 1. The summed E-state index contributed by atoms with van der Waals surface area (Å²) < 4.78 is 59.4. The molecular weight excluding hydrogens is 496 g/mol. The Kier molecular flexibility index (Phi) is 6.55. The van der Waals surface area contributed by atoms with Crippen LogP contribution in [0.4, 0.5) is 23.4 Å². The van der Waals surface area contributed by atoms with Gasteiger partial charge in [0, 0.05) is 23.7 Å². The van der Waals surface area contributed by atoms with Gasteiger partial charge in [-0.15, -0.1) is 0 Å². The van der Waals surface area contributed by atoms with Crippen LogP contribution in [0.15, 0.2) is 42.6 Å². The highest BCUT2D eigenvalue weighted by molar-refractivity contribution is 6.07. The fourth-order valence-corrected chi connectivity index (χ4v) is 4.01. The first-order chi connectivity index (χ1) is 17.4. The highest BCUT2D eigenvalue weighted by Crippen LogP contribution is 2.38. The van der Waals surface area contributed by atoms with Crippen LogP contribution < -0.4 is 21.5 Å². The number of nitrogens with one attached hydrogen (secondary N) is 2. The molecule has 2 aromatic heterocycles. The molecular formula is C24H22F4N6O3. The Balaban J connectivity index is 1.72. The van der Waals surface area contributed by atoms with Crippen LogP contribution in [-0.2, 0) is 6.54 Å². The molecule has 2 heterocycles. The number of amides is 2. The van der Waals surface area contributed by atoms with E-state index in [1.165, 1.54) is 25.3 Å². The molecule has 6 N–H and O–H groups in total. The number of halogens is 4. The molecule has 0 saturated carbocycles. The lowest BCUT2D eigenvalue weighted by molar-refractivity contribution is -0.164. The number of nitrogens with zero attached hydrogens (tertiary/aromatic N) is 2. The van der Waals surface area contributed by atoms with Crippen molar-refractivity contribution in [1.29, 1.82) is 0 Å². The van der Waals surface area contributed by atoms with Gasteiger partial charge in [0.2, 0.25) is 0 Å². The van der Waals surface area contributed by atoms with Crippen LogP contribution in [0.2, 0.25) is 0 Å². The van der Waals surface area contributed by atoms with Crippen LogP contribution >= 0.6 is 0 Å². The number of benzene rings is 2. The summed E-state index contributed by atoms with van der Waals surface area (Å²) in [5.74, 6) is -2.53. The van der Waals surface area contributed by atoms with E-state index in [2.05, 4.69) is 15.4 Å². The van der Waals surface area contributed by atoms with Gasteiger partial charge < -0.3 is 26.5 Å². The van der Waals surface area contributed by atoms with Crippen molar-refractivity contribution in [2.24, 2.45) is 5.73 Å². The first kappa shape index (κ1) is 25.5. The summed E-state index contributed by atoms with van der Waals surface area (Å²) >= 11 is 0. The standard InChI is InChI=1S/C24H22F4N6O3/c1-11(24(26,27)28)34-21(29)18(22(30)35)20(33-34)14-5-3-12(19-15(14)7-8-31-19)10-32-23(36)16-9-13(25)4-6-17(16)37-2/h3-9,11,31H,10,29H2,1-2H3,(H2,30,35)(H,32,36)/t11-/m0/s1. The number of primary amides is 1. The van der Waals surface area contributed by atoms with E-state index >= 15 is 0 Å². The van der Waals surface area contributed by atoms with Gasteiger partial charge in [-0.2, -0.15) is 18.3 Å². The second-order valence-corrected chi connectivity index (χ2v) is 8.20. The maximum Gasteiger partial charge on any atom is 0.410 e. The second-order valence-electron chi connectivity index (χ2n) is 8.20. The molecule has 0 aliphatic carbocycles. The molecule has 2 amide bonds. The molecule has 0 bridgehead atoms. The zero-order valence-electron chi connectivity index (χ0n) is 19.6. The Bertz CT molecular complexity index is 1510. The van der Waals surface area contributed by atoms with Gasteiger partial charge >= 0.3 is 6.18 Å². The number of alkyl halides is 3. The molecule has 0 unspecified atom stereocenters. The zero-order chi connectivity index (χ0) is 27.1. The van der Waals surface area contributed by atoms with E-state index in [0.717, 1.165) is 13.0 Å². The number of rotatable bonds is 7. The van der Waals surface area contributed by atoms with Gasteiger partial charge in [0.25, 0.3) is 11.8 Å². The number of nitrogen functional groups attached to an aromatic ring is 1. The molecule has 0 saturated heterocycles. The molecule has 0 aliphatic rings. The van der Waals surface area contributed by atoms with Gasteiger partial charge in [-0.3, -0.25) is 9.59 Å². The lowest BCUT2D eigenvalue weighted by Gasteiger charge is -2.17. The van der Waals surface area contributed by atoms with Gasteiger partial charge in [-0.1, -0.05) is 12.1 Å². The van der Waals surface area contributed by atoms with Gasteiger partial charge in [0.1, 0.15) is 34.7 Å². The number of hydrogen-bond donors (Lipinski definition) is 4. The third kappa shape index (κ3) is 4.67. The molecule has 1 atom stereocenters. The molecule has 2 aromatic carbocycles. The fraction of sp³-hybridized carbons (Fsp3) is 0.208. The molecule has 0 radical (unpaired) electrons. The van der Waals surface area contributed by atoms with Crippen LogP contribution in [0, 0.1) is 5.82 Å². The van der Waals surface area contributed by atoms with Gasteiger partial charge in [0.05, 0.1) is 18.2 Å². The van der Waals surface area contributed by atoms with E-state index < -0.39 is 35.7 Å². The number of nitrogens with two attached hydrogens (primary N) is 2. The lowest BCUT2D eigenvalue weighted by Crippen LogP contribution is -2.26. The molecule has 13 heteroatoms. The third-order valence-corrected chi connectivity index (χ3v) is 5.94. The van der Waals surface area contributed by atoms with Crippen molar-refractivity contribution >= 4 is 28.5 Å². The Morgan fingerprint density at radius 1 is 1.22 bits per heavy atom. The van der Waals surface area contributed by atoms with Crippen LogP contribution in [0.5, 0.6) is 5.75 Å². The molecule has 0 spiro atoms. The average Bonchev–Trinajstić information content (AvgIpc) is 3.46. The minimum atomic E-state index is -4.66. The van der Waals surface area contributed by atoms with Crippen LogP contribution in [0.3, 0.4) is 0 Å². The van der Waals surface area contributed by atoms with Crippen molar-refractivity contribution in [3.05, 3.63) is 65.1 Å². The average molecular weight is 518 g/mol. The summed E-state index contributed by atoms with van der Waals surface area (Å²) in [6, 6.07) is 6.23. The van der Waals surface area contributed by atoms with E-state index in [4.69, 9.17) is 16.2 Å². The van der Waals surface area contributed by atoms with E-state index in [0.29, 0.717) is 26.7 Å². The summed E-state index contributed by atoms with van der Waals surface area (Å²) in [4.78, 5) is 27.8. The molecule has 0 aliphatic heterocycles. The van der Waals surface area contributed by atoms with Crippen molar-refractivity contribution < 1.29 is 31.9 Å². The Hall–Kier alpha value is -4.55. The third-order valence-electron chi connectivity index (χ3n) is 5.94. The van der Waals surface area contributed by atoms with Gasteiger partial charge in [-0.25, -0.2) is 9.07 Å². The first-order valence-electron chi connectivity index (χ1n) is 10.9. The first-order valence-corrected chi connectivity index (χ1v) is 10.9. The normalized spacial score (nSPS) is 12.5. The predicted molar refractivity (Wildman–Crippen MR) is 127 cm³/mol. The maximum atomic E-state index is 13.7. The number of anilines is 1. The summed E-state index contributed by atoms with van der Waals surface area (Å²) in [5, 5.41) is 7.20. The smallest absolute Gasteiger partial charge is 0.410 e. The van der Waals surface area contributed by atoms with Crippen molar-refractivity contribution in [2.75, 3.05) is 12.8 Å². The number of fused-ring (bicyclic) bond motifs is 1. The maximum absolute atomic E-state index is 13.7. The number of aromatic amines is 1. The summed E-state index contributed by atoms with van der Waals surface area (Å²) in [6.45, 7) is 0.878. The molecule has 37 heavy (non-hydrogen) atoms. The Morgan fingerprint density at radius 2 is 1.95 bits per heavy atom.